The summed E-state index contributed by atoms with van der Waals surface area (Å²) in [6.07, 6.45) is 53.1. The van der Waals surface area contributed by atoms with Gasteiger partial charge in [0.25, 0.3) is 0 Å². The standard InChI is InChI=1S/C50H81NO7/c1-6-8-10-12-14-16-18-19-20-21-22-23-24-25-26-27-28-29-31-32-34-36-38-40-48(52)57-45-46(44-56-43-42-47(50(54)55)51(3,4)5)58-49(53)41-39-37-35-33-30-17-15-13-11-9-7-2/h8-11,14-17,19-20,22-23,25-26,33,35,46-47H,6-7,12-13,18,21,24,27-32,34,36-45H2,1-5H3/b10-8+,11-9+,16-14+,17-15+,20-19+,23-22+,26-25+,35-33+. The van der Waals surface area contributed by atoms with Gasteiger partial charge in [-0.05, 0) is 83.5 Å². The van der Waals surface area contributed by atoms with Crippen LogP contribution < -0.4 is 5.11 Å². The van der Waals surface area contributed by atoms with Gasteiger partial charge >= 0.3 is 11.9 Å². The molecule has 0 heterocycles. The van der Waals surface area contributed by atoms with Crippen LogP contribution in [-0.4, -0.2) is 75.5 Å². The summed E-state index contributed by atoms with van der Waals surface area (Å²) in [4.78, 5) is 36.8. The number of allylic oxidation sites excluding steroid dienone is 16. The number of unbranched alkanes of at least 4 members (excludes halogenated alkanes) is 8. The molecule has 0 amide bonds. The Morgan fingerprint density at radius 2 is 0.931 bits per heavy atom. The summed E-state index contributed by atoms with van der Waals surface area (Å²) in [5.74, 6) is -1.84. The maximum Gasteiger partial charge on any atom is 0.306 e. The SMILES string of the molecule is CC/C=C/C/C=C/C/C=C/C/C=C/C/C=C/CCCCCCCCCC(=O)OCC(COCCC(C(=O)[O-])[N+](C)(C)C)OC(=O)CCC/C=C/C/C=C/C/C=C/CC. The summed E-state index contributed by atoms with van der Waals surface area (Å²) in [7, 11) is 5.37. The maximum absolute atomic E-state index is 12.6. The van der Waals surface area contributed by atoms with Crippen molar-refractivity contribution in [3.8, 4) is 0 Å². The fourth-order valence-electron chi connectivity index (χ4n) is 5.82. The van der Waals surface area contributed by atoms with Crippen LogP contribution in [0.4, 0.5) is 0 Å². The lowest BCUT2D eigenvalue weighted by Gasteiger charge is -2.34. The number of hydrogen-bond acceptors (Lipinski definition) is 7. The molecule has 0 fully saturated rings. The highest BCUT2D eigenvalue weighted by Crippen LogP contribution is 2.12. The number of carbonyl (C=O) groups excluding carboxylic acids is 3. The van der Waals surface area contributed by atoms with E-state index >= 15 is 0 Å². The summed E-state index contributed by atoms with van der Waals surface area (Å²) in [5.41, 5.74) is 0. The first kappa shape index (κ1) is 54.2. The Bertz CT molecular complexity index is 1260. The summed E-state index contributed by atoms with van der Waals surface area (Å²) in [5, 5.41) is 11.6. The number of likely N-dealkylation sites (N-methyl/N-ethyl adjacent to an activating group) is 1. The number of nitrogens with zero attached hydrogens (tertiary/aromatic N) is 1. The van der Waals surface area contributed by atoms with Crippen molar-refractivity contribution >= 4 is 17.9 Å². The van der Waals surface area contributed by atoms with E-state index in [2.05, 4.69) is 111 Å². The van der Waals surface area contributed by atoms with Gasteiger partial charge in [-0.1, -0.05) is 143 Å². The van der Waals surface area contributed by atoms with Gasteiger partial charge in [0.1, 0.15) is 12.6 Å². The van der Waals surface area contributed by atoms with E-state index in [9.17, 15) is 19.5 Å². The molecule has 8 heteroatoms. The second-order valence-corrected chi connectivity index (χ2v) is 15.5. The van der Waals surface area contributed by atoms with Crippen molar-refractivity contribution in [1.82, 2.24) is 0 Å². The number of aliphatic carboxylic acids is 1. The van der Waals surface area contributed by atoms with Crippen LogP contribution >= 0.6 is 0 Å². The molecule has 328 valence electrons. The molecule has 0 saturated heterocycles. The van der Waals surface area contributed by atoms with Gasteiger partial charge in [-0.3, -0.25) is 9.59 Å². The fourth-order valence-corrected chi connectivity index (χ4v) is 5.82. The van der Waals surface area contributed by atoms with Gasteiger partial charge in [0, 0.05) is 19.3 Å². The zero-order valence-corrected chi connectivity index (χ0v) is 37.2. The highest BCUT2D eigenvalue weighted by molar-refractivity contribution is 5.70. The van der Waals surface area contributed by atoms with Gasteiger partial charge in [-0.2, -0.15) is 0 Å². The predicted octanol–water partition coefficient (Wildman–Crippen LogP) is 11.0. The first-order valence-corrected chi connectivity index (χ1v) is 22.3. The quantitative estimate of drug-likeness (QED) is 0.0265. The van der Waals surface area contributed by atoms with E-state index in [-0.39, 0.29) is 49.1 Å². The molecule has 8 nitrogen and oxygen atoms in total. The zero-order valence-electron chi connectivity index (χ0n) is 37.2. The number of esters is 2. The monoisotopic (exact) mass is 808 g/mol. The van der Waals surface area contributed by atoms with Gasteiger partial charge < -0.3 is 28.6 Å². The highest BCUT2D eigenvalue weighted by Gasteiger charge is 2.25. The molecular formula is C50H81NO7. The van der Waals surface area contributed by atoms with E-state index in [0.29, 0.717) is 12.8 Å². The Hall–Kier alpha value is -3.75. The van der Waals surface area contributed by atoms with Crippen molar-refractivity contribution in [2.24, 2.45) is 0 Å². The lowest BCUT2D eigenvalue weighted by molar-refractivity contribution is -0.889. The van der Waals surface area contributed by atoms with Crippen molar-refractivity contribution < 1.29 is 38.2 Å². The topological polar surface area (TPSA) is 102 Å². The molecular weight excluding hydrogens is 727 g/mol. The molecule has 0 rings (SSSR count). The smallest absolute Gasteiger partial charge is 0.306 e. The number of carboxylic acid groups (broad SMARTS) is 1. The minimum absolute atomic E-state index is 0.0106. The van der Waals surface area contributed by atoms with E-state index in [1.165, 1.54) is 19.3 Å². The minimum Gasteiger partial charge on any atom is -0.544 e. The summed E-state index contributed by atoms with van der Waals surface area (Å²) in [6.45, 7) is 4.33. The van der Waals surface area contributed by atoms with E-state index in [0.717, 1.165) is 89.9 Å². The van der Waals surface area contributed by atoms with Crippen LogP contribution in [0.3, 0.4) is 0 Å². The molecule has 0 aromatic carbocycles. The third kappa shape index (κ3) is 37.8. The normalized spacial score (nSPS) is 13.9. The lowest BCUT2D eigenvalue weighted by Crippen LogP contribution is -2.55. The Labute approximate surface area is 354 Å². The summed E-state index contributed by atoms with van der Waals surface area (Å²) in [6, 6.07) is -0.741. The maximum atomic E-state index is 12.6. The average Bonchev–Trinajstić information content (AvgIpc) is 3.18. The second-order valence-electron chi connectivity index (χ2n) is 15.5. The third-order valence-corrected chi connectivity index (χ3v) is 9.22. The first-order valence-electron chi connectivity index (χ1n) is 22.3. The molecule has 0 aromatic heterocycles. The van der Waals surface area contributed by atoms with Crippen LogP contribution in [0.15, 0.2) is 97.2 Å². The highest BCUT2D eigenvalue weighted by atomic mass is 16.6. The second kappa shape index (κ2) is 40.0. The van der Waals surface area contributed by atoms with E-state index in [4.69, 9.17) is 14.2 Å². The molecule has 58 heavy (non-hydrogen) atoms. The summed E-state index contributed by atoms with van der Waals surface area (Å²) >= 11 is 0. The van der Waals surface area contributed by atoms with Crippen molar-refractivity contribution in [3.63, 3.8) is 0 Å². The Morgan fingerprint density at radius 3 is 1.40 bits per heavy atom. The molecule has 0 aromatic rings. The minimum atomic E-state index is -1.14. The van der Waals surface area contributed by atoms with Crippen molar-refractivity contribution in [3.05, 3.63) is 97.2 Å². The lowest BCUT2D eigenvalue weighted by atomic mass is 10.1. The van der Waals surface area contributed by atoms with Crippen LogP contribution in [0.5, 0.6) is 0 Å². The van der Waals surface area contributed by atoms with Gasteiger partial charge in [0.05, 0.1) is 40.3 Å². The molecule has 0 aliphatic heterocycles. The van der Waals surface area contributed by atoms with Crippen LogP contribution in [0.25, 0.3) is 0 Å². The molecule has 0 N–H and O–H groups in total. The largest absolute Gasteiger partial charge is 0.544 e. The third-order valence-electron chi connectivity index (χ3n) is 9.22. The van der Waals surface area contributed by atoms with Crippen LogP contribution in [0.1, 0.15) is 149 Å². The zero-order chi connectivity index (χ0) is 42.8. The Balaban J connectivity index is 4.33. The molecule has 0 spiro atoms. The molecule has 0 saturated carbocycles. The van der Waals surface area contributed by atoms with Crippen molar-refractivity contribution in [1.29, 1.82) is 0 Å². The summed E-state index contributed by atoms with van der Waals surface area (Å²) < 4.78 is 17.1. The van der Waals surface area contributed by atoms with Gasteiger partial charge in [0.2, 0.25) is 0 Å². The van der Waals surface area contributed by atoms with E-state index < -0.39 is 18.1 Å². The molecule has 2 atom stereocenters. The van der Waals surface area contributed by atoms with Crippen LogP contribution in [-0.2, 0) is 28.6 Å². The number of hydrogen-bond donors (Lipinski definition) is 0. The molecule has 0 bridgehead atoms. The fraction of sp³-hybridized carbons (Fsp3) is 0.620. The van der Waals surface area contributed by atoms with Crippen LogP contribution in [0, 0.1) is 0 Å². The van der Waals surface area contributed by atoms with Crippen LogP contribution in [0.2, 0.25) is 0 Å². The Kier molecular flexibility index (Phi) is 37.5. The van der Waals surface area contributed by atoms with E-state index in [1.807, 2.05) is 0 Å². The van der Waals surface area contributed by atoms with E-state index in [1.54, 1.807) is 21.1 Å². The van der Waals surface area contributed by atoms with Gasteiger partial charge in [-0.15, -0.1) is 0 Å². The molecule has 2 unspecified atom stereocenters. The molecule has 0 aliphatic rings. The predicted molar refractivity (Wildman–Crippen MR) is 240 cm³/mol. The number of carboxylic acids is 1. The van der Waals surface area contributed by atoms with Crippen molar-refractivity contribution in [2.45, 2.75) is 161 Å². The first-order chi connectivity index (χ1) is 28.1. The molecule has 0 radical (unpaired) electrons. The number of carbonyl (C=O) groups is 3. The molecule has 0 aliphatic carbocycles. The van der Waals surface area contributed by atoms with Gasteiger partial charge in [-0.25, -0.2) is 0 Å². The average molecular weight is 808 g/mol. The van der Waals surface area contributed by atoms with Gasteiger partial charge in [0.15, 0.2) is 6.10 Å². The number of quaternary nitrogens is 1. The van der Waals surface area contributed by atoms with Crippen molar-refractivity contribution in [2.75, 3.05) is 41.0 Å². The Morgan fingerprint density at radius 1 is 0.517 bits per heavy atom. The number of ether oxygens (including phenoxy) is 3. The number of rotatable bonds is 38.